The molecule has 0 bridgehead atoms. The second-order valence-corrected chi connectivity index (χ2v) is 4.66. The summed E-state index contributed by atoms with van der Waals surface area (Å²) < 4.78 is 0. The minimum Gasteiger partial charge on any atom is -0.0840 e. The van der Waals surface area contributed by atoms with Crippen LogP contribution in [0.25, 0.3) is 0 Å². The first-order valence-electron chi connectivity index (χ1n) is 3.87. The minimum atomic E-state index is 0. The second-order valence-electron chi connectivity index (χ2n) is 3.85. The van der Waals surface area contributed by atoms with Crippen LogP contribution in [0.2, 0.25) is 10.0 Å². The Hall–Kier alpha value is 0.384. The molecule has 0 amide bonds. The van der Waals surface area contributed by atoms with Crippen molar-refractivity contribution in [2.24, 2.45) is 0 Å². The van der Waals surface area contributed by atoms with Gasteiger partial charge in [0, 0.05) is 28.6 Å². The molecule has 0 nitrogen and oxygen atoms in total. The van der Waals surface area contributed by atoms with Crippen LogP contribution in [0.1, 0.15) is 26.3 Å². The third-order valence-electron chi connectivity index (χ3n) is 1.71. The summed E-state index contributed by atoms with van der Waals surface area (Å²) in [6.45, 7) is 6.29. The molecular weight excluding hydrogens is 242 g/mol. The fraction of sp³-hybridized carbons (Fsp3) is 0.400. The maximum Gasteiger partial charge on any atom is 0.0458 e. The maximum absolute atomic E-state index is 6.03. The summed E-state index contributed by atoms with van der Waals surface area (Å²) in [5, 5.41) is 1.49. The zero-order chi connectivity index (χ0) is 9.35. The summed E-state index contributed by atoms with van der Waals surface area (Å²) in [5.74, 6) is 0. The van der Waals surface area contributed by atoms with E-state index < -0.39 is 0 Å². The molecule has 71 valence electrons. The van der Waals surface area contributed by atoms with Crippen LogP contribution in [0.3, 0.4) is 0 Å². The number of hydrogen-bond donors (Lipinski definition) is 0. The van der Waals surface area contributed by atoms with Crippen LogP contribution >= 0.6 is 23.2 Å². The molecule has 1 radical (unpaired) electrons. The number of hydrogen-bond acceptors (Lipinski definition) is 0. The Labute approximate surface area is 102 Å². The van der Waals surface area contributed by atoms with Gasteiger partial charge in [0.1, 0.15) is 0 Å². The molecule has 0 aliphatic rings. The third kappa shape index (κ3) is 3.21. The third-order valence-corrected chi connectivity index (χ3v) is 2.34. The van der Waals surface area contributed by atoms with Gasteiger partial charge in [-0.25, -0.2) is 0 Å². The second kappa shape index (κ2) is 4.75. The van der Waals surface area contributed by atoms with Crippen LogP contribution in [0.15, 0.2) is 18.2 Å². The average Bonchev–Trinajstić information content (AvgIpc) is 1.82. The minimum absolute atomic E-state index is 0. The van der Waals surface area contributed by atoms with E-state index in [2.05, 4.69) is 20.8 Å². The van der Waals surface area contributed by atoms with Crippen LogP contribution < -0.4 is 0 Å². The molecule has 3 heteroatoms. The molecule has 13 heavy (non-hydrogen) atoms. The van der Waals surface area contributed by atoms with Gasteiger partial charge in [-0.3, -0.25) is 0 Å². The largest absolute Gasteiger partial charge is 0.0840 e. The van der Waals surface area contributed by atoms with Crippen molar-refractivity contribution >= 4 is 23.2 Å². The van der Waals surface area contributed by atoms with Gasteiger partial charge in [-0.1, -0.05) is 50.0 Å². The maximum atomic E-state index is 6.03. The molecule has 0 unspecified atom stereocenters. The summed E-state index contributed by atoms with van der Waals surface area (Å²) in [6.07, 6.45) is 0. The molecule has 0 saturated heterocycles. The molecule has 0 heterocycles. The van der Waals surface area contributed by atoms with E-state index in [1.807, 2.05) is 18.2 Å². The Morgan fingerprint density at radius 3 is 1.62 bits per heavy atom. The molecule has 1 rings (SSSR count). The van der Waals surface area contributed by atoms with Gasteiger partial charge in [-0.05, 0) is 23.1 Å². The van der Waals surface area contributed by atoms with Crippen LogP contribution in [0, 0.1) is 0 Å². The Kier molecular flexibility index (Phi) is 4.89. The summed E-state index contributed by atoms with van der Waals surface area (Å²) in [5.41, 5.74) is 1.03. The van der Waals surface area contributed by atoms with Crippen LogP contribution in [0.4, 0.5) is 0 Å². The fourth-order valence-corrected chi connectivity index (χ4v) is 2.18. The quantitative estimate of drug-likeness (QED) is 0.647. The van der Waals surface area contributed by atoms with E-state index in [9.17, 15) is 0 Å². The van der Waals surface area contributed by atoms with E-state index in [4.69, 9.17) is 23.2 Å². The molecule has 0 spiro atoms. The van der Waals surface area contributed by atoms with Crippen molar-refractivity contribution < 1.29 is 18.6 Å². The van der Waals surface area contributed by atoms with Gasteiger partial charge >= 0.3 is 0 Å². The first kappa shape index (κ1) is 13.4. The molecule has 1 aromatic carbocycles. The summed E-state index contributed by atoms with van der Waals surface area (Å²) >= 11 is 12.1. The van der Waals surface area contributed by atoms with Crippen molar-refractivity contribution in [3.8, 4) is 0 Å². The predicted octanol–water partition coefficient (Wildman–Crippen LogP) is 4.29. The van der Waals surface area contributed by atoms with E-state index in [1.165, 1.54) is 0 Å². The predicted molar refractivity (Wildman–Crippen MR) is 55.2 cm³/mol. The van der Waals surface area contributed by atoms with E-state index in [0.29, 0.717) is 0 Å². The molecule has 0 atom stereocenters. The topological polar surface area (TPSA) is 0 Å². The standard InChI is InChI=1S/C10H12Cl2.V/c1-10(2,3)9-7(11)5-4-6-8(9)12;/h4-6H,1-3H3;. The normalized spacial score (nSPS) is 10.8. The molecule has 1 aromatic rings. The fourth-order valence-electron chi connectivity index (χ4n) is 1.21. The van der Waals surface area contributed by atoms with Gasteiger partial charge in [0.25, 0.3) is 0 Å². The van der Waals surface area contributed by atoms with Gasteiger partial charge in [0.05, 0.1) is 0 Å². The van der Waals surface area contributed by atoms with E-state index in [0.717, 1.165) is 15.6 Å². The van der Waals surface area contributed by atoms with Crippen LogP contribution in [-0.4, -0.2) is 0 Å². The van der Waals surface area contributed by atoms with Crippen molar-refractivity contribution in [2.75, 3.05) is 0 Å². The number of halogens is 2. The Morgan fingerprint density at radius 1 is 1.00 bits per heavy atom. The van der Waals surface area contributed by atoms with Gasteiger partial charge in [-0.2, -0.15) is 0 Å². The Balaban J connectivity index is 0.00000144. The smallest absolute Gasteiger partial charge is 0.0458 e. The van der Waals surface area contributed by atoms with E-state index in [-0.39, 0.29) is 24.0 Å². The van der Waals surface area contributed by atoms with Crippen molar-refractivity contribution in [2.45, 2.75) is 26.2 Å². The van der Waals surface area contributed by atoms with Crippen molar-refractivity contribution in [1.29, 1.82) is 0 Å². The zero-order valence-corrected chi connectivity index (χ0v) is 10.8. The molecule has 0 N–H and O–H groups in total. The summed E-state index contributed by atoms with van der Waals surface area (Å²) in [4.78, 5) is 0. The summed E-state index contributed by atoms with van der Waals surface area (Å²) in [7, 11) is 0. The molecule has 0 fully saturated rings. The summed E-state index contributed by atoms with van der Waals surface area (Å²) in [6, 6.07) is 5.60. The van der Waals surface area contributed by atoms with Gasteiger partial charge < -0.3 is 0 Å². The van der Waals surface area contributed by atoms with E-state index >= 15 is 0 Å². The Bertz CT molecular complexity index is 269. The first-order valence-corrected chi connectivity index (χ1v) is 4.63. The van der Waals surface area contributed by atoms with Crippen molar-refractivity contribution in [1.82, 2.24) is 0 Å². The van der Waals surface area contributed by atoms with Crippen molar-refractivity contribution in [3.63, 3.8) is 0 Å². The SMILES string of the molecule is CC(C)(C)c1c(Cl)cccc1Cl.[V]. The molecule has 0 saturated carbocycles. The van der Waals surface area contributed by atoms with Gasteiger partial charge in [-0.15, -0.1) is 0 Å². The van der Waals surface area contributed by atoms with Gasteiger partial charge in [0.2, 0.25) is 0 Å². The van der Waals surface area contributed by atoms with Crippen molar-refractivity contribution in [3.05, 3.63) is 33.8 Å². The van der Waals surface area contributed by atoms with E-state index in [1.54, 1.807) is 0 Å². The first-order chi connectivity index (χ1) is 5.43. The molecule has 0 aromatic heterocycles. The molecule has 0 aliphatic carbocycles. The zero-order valence-electron chi connectivity index (χ0n) is 7.94. The van der Waals surface area contributed by atoms with Crippen LogP contribution in [0.5, 0.6) is 0 Å². The monoisotopic (exact) mass is 253 g/mol. The average molecular weight is 254 g/mol. The Morgan fingerprint density at radius 2 is 1.38 bits per heavy atom. The van der Waals surface area contributed by atoms with Gasteiger partial charge in [0.15, 0.2) is 0 Å². The molecular formula is C10H12Cl2V. The number of rotatable bonds is 0. The number of benzene rings is 1. The van der Waals surface area contributed by atoms with Crippen LogP contribution in [-0.2, 0) is 24.0 Å². The molecule has 0 aliphatic heterocycles.